The molecule has 4 rings (SSSR count). The quantitative estimate of drug-likeness (QED) is 0.705. The third-order valence-corrected chi connectivity index (χ3v) is 5.65. The zero-order valence-electron chi connectivity index (χ0n) is 13.4. The van der Waals surface area contributed by atoms with Crippen LogP contribution in [0.25, 0.3) is 0 Å². The fourth-order valence-electron chi connectivity index (χ4n) is 4.52. The summed E-state index contributed by atoms with van der Waals surface area (Å²) in [4.78, 5) is 2.68. The molecule has 1 saturated heterocycles. The average molecular weight is 277 g/mol. The fraction of sp³-hybridized carbons (Fsp3) is 0.400. The number of hydrogen-bond donors (Lipinski definition) is 0. The van der Waals surface area contributed by atoms with Gasteiger partial charge in [0.25, 0.3) is 0 Å². The third-order valence-electron chi connectivity index (χ3n) is 5.65. The predicted molar refractivity (Wildman–Crippen MR) is 89.1 cm³/mol. The largest absolute Gasteiger partial charge is 0.361 e. The Bertz CT molecular complexity index is 716. The Hall–Kier alpha value is -1.76. The molecule has 1 aliphatic carbocycles. The van der Waals surface area contributed by atoms with Gasteiger partial charge >= 0.3 is 0 Å². The van der Waals surface area contributed by atoms with Crippen LogP contribution in [0.3, 0.4) is 0 Å². The molecule has 2 bridgehead atoms. The molecule has 2 aromatic carbocycles. The number of benzene rings is 2. The lowest BCUT2D eigenvalue weighted by Gasteiger charge is -2.38. The number of fused-ring (bicyclic) bond motifs is 5. The molecule has 0 radical (unpaired) electrons. The Labute approximate surface area is 127 Å². The zero-order chi connectivity index (χ0) is 14.7. The van der Waals surface area contributed by atoms with Gasteiger partial charge in [0.1, 0.15) is 0 Å². The molecule has 0 N–H and O–H groups in total. The van der Waals surface area contributed by atoms with Crippen molar-refractivity contribution in [3.05, 3.63) is 64.2 Å². The minimum absolute atomic E-state index is 0.570. The molecule has 108 valence electrons. The zero-order valence-corrected chi connectivity index (χ0v) is 13.4. The van der Waals surface area contributed by atoms with Gasteiger partial charge in [0.15, 0.2) is 0 Å². The van der Waals surface area contributed by atoms with E-state index in [4.69, 9.17) is 0 Å². The summed E-state index contributed by atoms with van der Waals surface area (Å²) in [5.74, 6) is 0.700. The van der Waals surface area contributed by atoms with E-state index in [1.807, 2.05) is 0 Å². The van der Waals surface area contributed by atoms with E-state index in [9.17, 15) is 0 Å². The minimum Gasteiger partial charge on any atom is -0.361 e. The third kappa shape index (κ3) is 1.70. The van der Waals surface area contributed by atoms with Gasteiger partial charge in [-0.15, -0.1) is 0 Å². The summed E-state index contributed by atoms with van der Waals surface area (Å²) < 4.78 is 0. The van der Waals surface area contributed by atoms with Crippen LogP contribution in [0.5, 0.6) is 0 Å². The highest BCUT2D eigenvalue weighted by Gasteiger charge is 2.47. The van der Waals surface area contributed by atoms with Gasteiger partial charge in [0.2, 0.25) is 0 Å². The highest BCUT2D eigenvalue weighted by Crippen LogP contribution is 2.55. The van der Waals surface area contributed by atoms with Crippen LogP contribution < -0.4 is 4.90 Å². The number of rotatable bonds is 1. The van der Waals surface area contributed by atoms with Crippen LogP contribution in [0.15, 0.2) is 36.4 Å². The lowest BCUT2D eigenvalue weighted by Crippen LogP contribution is -2.35. The lowest BCUT2D eigenvalue weighted by molar-refractivity contribution is 0.613. The molecule has 2 aliphatic rings. The normalized spacial score (nSPS) is 26.3. The Morgan fingerprint density at radius 3 is 2.48 bits per heavy atom. The van der Waals surface area contributed by atoms with E-state index in [1.165, 1.54) is 28.8 Å². The van der Waals surface area contributed by atoms with Crippen LogP contribution in [0.1, 0.15) is 53.1 Å². The standard InChI is InChI=1S/C20H23N/c1-12-9-13(2)14(3)19(10-12)21-15(4)18-11-20(21)17-8-6-5-7-16(17)18/h5-10,15,18,20H,11H2,1-4H3. The van der Waals surface area contributed by atoms with Gasteiger partial charge in [0, 0.05) is 17.6 Å². The Balaban J connectivity index is 1.86. The summed E-state index contributed by atoms with van der Waals surface area (Å²) in [5.41, 5.74) is 8.82. The molecule has 2 aromatic rings. The molecule has 3 atom stereocenters. The van der Waals surface area contributed by atoms with E-state index < -0.39 is 0 Å². The van der Waals surface area contributed by atoms with Crippen molar-refractivity contribution in [3.8, 4) is 0 Å². The van der Waals surface area contributed by atoms with E-state index in [0.717, 1.165) is 0 Å². The van der Waals surface area contributed by atoms with E-state index in [0.29, 0.717) is 18.0 Å². The maximum absolute atomic E-state index is 2.68. The Morgan fingerprint density at radius 2 is 1.71 bits per heavy atom. The predicted octanol–water partition coefficient (Wildman–Crippen LogP) is 5.05. The molecule has 0 aromatic heterocycles. The SMILES string of the molecule is Cc1cc(C)c(C)c(N2C3CC(c4ccccc43)C2C)c1. The first-order valence-corrected chi connectivity index (χ1v) is 8.03. The average Bonchev–Trinajstić information content (AvgIpc) is 2.99. The molecule has 0 amide bonds. The first-order valence-electron chi connectivity index (χ1n) is 8.03. The monoisotopic (exact) mass is 277 g/mol. The Morgan fingerprint density at radius 1 is 1.00 bits per heavy atom. The molecule has 1 aliphatic heterocycles. The van der Waals surface area contributed by atoms with Crippen LogP contribution in [0, 0.1) is 20.8 Å². The summed E-state index contributed by atoms with van der Waals surface area (Å²) >= 11 is 0. The number of nitrogens with zero attached hydrogens (tertiary/aromatic N) is 1. The van der Waals surface area contributed by atoms with Crippen LogP contribution in [0.2, 0.25) is 0 Å². The van der Waals surface area contributed by atoms with Crippen LogP contribution in [-0.4, -0.2) is 6.04 Å². The van der Waals surface area contributed by atoms with Gasteiger partial charge in [-0.05, 0) is 68.0 Å². The maximum Gasteiger partial charge on any atom is 0.0555 e. The van der Waals surface area contributed by atoms with Gasteiger partial charge in [-0.2, -0.15) is 0 Å². The molecule has 1 heterocycles. The van der Waals surface area contributed by atoms with Crippen LogP contribution >= 0.6 is 0 Å². The molecule has 1 fully saturated rings. The number of aryl methyl sites for hydroxylation is 2. The van der Waals surface area contributed by atoms with E-state index in [2.05, 4.69) is 69.0 Å². The van der Waals surface area contributed by atoms with Crippen molar-refractivity contribution in [1.29, 1.82) is 0 Å². The summed E-state index contributed by atoms with van der Waals surface area (Å²) in [7, 11) is 0. The van der Waals surface area contributed by atoms with Crippen molar-refractivity contribution in [3.63, 3.8) is 0 Å². The number of anilines is 1. The molecule has 1 nitrogen and oxygen atoms in total. The topological polar surface area (TPSA) is 3.24 Å². The summed E-state index contributed by atoms with van der Waals surface area (Å²) in [6.07, 6.45) is 1.28. The van der Waals surface area contributed by atoms with E-state index in [1.54, 1.807) is 11.1 Å². The summed E-state index contributed by atoms with van der Waals surface area (Å²) in [5, 5.41) is 0. The second kappa shape index (κ2) is 4.37. The second-order valence-electron chi connectivity index (χ2n) is 6.86. The Kier molecular flexibility index (Phi) is 2.69. The first kappa shape index (κ1) is 12.9. The van der Waals surface area contributed by atoms with Gasteiger partial charge in [-0.25, -0.2) is 0 Å². The molecular weight excluding hydrogens is 254 g/mol. The van der Waals surface area contributed by atoms with E-state index in [-0.39, 0.29) is 0 Å². The van der Waals surface area contributed by atoms with Crippen molar-refractivity contribution < 1.29 is 0 Å². The van der Waals surface area contributed by atoms with Crippen LogP contribution in [0.4, 0.5) is 5.69 Å². The van der Waals surface area contributed by atoms with Gasteiger partial charge in [0.05, 0.1) is 6.04 Å². The smallest absolute Gasteiger partial charge is 0.0555 e. The van der Waals surface area contributed by atoms with Crippen molar-refractivity contribution in [2.24, 2.45) is 0 Å². The van der Waals surface area contributed by atoms with Gasteiger partial charge in [-0.3, -0.25) is 0 Å². The fourth-order valence-corrected chi connectivity index (χ4v) is 4.52. The summed E-state index contributed by atoms with van der Waals surface area (Å²) in [6.45, 7) is 9.12. The van der Waals surface area contributed by atoms with Crippen LogP contribution in [-0.2, 0) is 0 Å². The molecule has 0 spiro atoms. The highest BCUT2D eigenvalue weighted by molar-refractivity contribution is 5.64. The maximum atomic E-state index is 2.68. The summed E-state index contributed by atoms with van der Waals surface area (Å²) in [6, 6.07) is 14.9. The van der Waals surface area contributed by atoms with Crippen molar-refractivity contribution in [1.82, 2.24) is 0 Å². The molecule has 21 heavy (non-hydrogen) atoms. The van der Waals surface area contributed by atoms with Crippen molar-refractivity contribution in [2.45, 2.75) is 52.1 Å². The minimum atomic E-state index is 0.570. The van der Waals surface area contributed by atoms with Crippen molar-refractivity contribution in [2.75, 3.05) is 4.90 Å². The first-order chi connectivity index (χ1) is 10.1. The highest BCUT2D eigenvalue weighted by atomic mass is 15.2. The molecular formula is C20H23N. The second-order valence-corrected chi connectivity index (χ2v) is 6.86. The lowest BCUT2D eigenvalue weighted by atomic mass is 9.92. The van der Waals surface area contributed by atoms with Crippen molar-refractivity contribution >= 4 is 5.69 Å². The molecule has 0 saturated carbocycles. The van der Waals surface area contributed by atoms with E-state index >= 15 is 0 Å². The molecule has 1 heteroatoms. The van der Waals surface area contributed by atoms with Gasteiger partial charge < -0.3 is 4.90 Å². The molecule has 3 unspecified atom stereocenters. The number of hydrogen-bond acceptors (Lipinski definition) is 1. The van der Waals surface area contributed by atoms with Gasteiger partial charge in [-0.1, -0.05) is 30.3 Å².